The number of nitrogens with one attached hydrogen (secondary N) is 1. The molecule has 1 aromatic heterocycles. The molecule has 0 bridgehead atoms. The molecule has 8 heteroatoms. The molecule has 0 radical (unpaired) electrons. The molecule has 8 nitrogen and oxygen atoms in total. The lowest BCUT2D eigenvalue weighted by Crippen LogP contribution is -2.29. The van der Waals surface area contributed by atoms with E-state index in [0.717, 1.165) is 11.1 Å². The molecule has 0 aliphatic rings. The van der Waals surface area contributed by atoms with Gasteiger partial charge >= 0.3 is 5.97 Å². The maximum absolute atomic E-state index is 13.0. The second-order valence-corrected chi connectivity index (χ2v) is 6.46. The van der Waals surface area contributed by atoms with Crippen molar-refractivity contribution >= 4 is 17.6 Å². The van der Waals surface area contributed by atoms with Gasteiger partial charge in [-0.2, -0.15) is 0 Å². The Morgan fingerprint density at radius 2 is 1.86 bits per heavy atom. The fourth-order valence-electron chi connectivity index (χ4n) is 2.94. The summed E-state index contributed by atoms with van der Waals surface area (Å²) < 4.78 is 1.51. The molecule has 2 aromatic carbocycles. The molecule has 3 aromatic rings. The van der Waals surface area contributed by atoms with Gasteiger partial charge in [0.05, 0.1) is 0 Å². The summed E-state index contributed by atoms with van der Waals surface area (Å²) in [6, 6.07) is 16.2. The van der Waals surface area contributed by atoms with Crippen LogP contribution in [0.15, 0.2) is 54.6 Å². The molecule has 28 heavy (non-hydrogen) atoms. The van der Waals surface area contributed by atoms with Crippen molar-refractivity contribution < 1.29 is 14.7 Å². The smallest absolute Gasteiger partial charge is 0.303 e. The summed E-state index contributed by atoms with van der Waals surface area (Å²) in [7, 11) is 0. The lowest BCUT2D eigenvalue weighted by molar-refractivity contribution is -0.137. The first-order chi connectivity index (χ1) is 13.5. The quantitative estimate of drug-likeness (QED) is 0.622. The number of nitrogens with zero attached hydrogens (tertiary/aromatic N) is 4. The van der Waals surface area contributed by atoms with Gasteiger partial charge in [-0.3, -0.25) is 9.59 Å². The summed E-state index contributed by atoms with van der Waals surface area (Å²) >= 11 is 0. The Bertz CT molecular complexity index is 955. The van der Waals surface area contributed by atoms with Crippen molar-refractivity contribution in [3.63, 3.8) is 0 Å². The minimum absolute atomic E-state index is 0.0395. The van der Waals surface area contributed by atoms with Gasteiger partial charge in [-0.25, -0.2) is 4.68 Å². The lowest BCUT2D eigenvalue weighted by atomic mass is 10.0. The highest BCUT2D eigenvalue weighted by atomic mass is 16.4. The van der Waals surface area contributed by atoms with Gasteiger partial charge in [0.1, 0.15) is 11.9 Å². The van der Waals surface area contributed by atoms with E-state index in [1.165, 1.54) is 4.68 Å². The van der Waals surface area contributed by atoms with Gasteiger partial charge < -0.3 is 10.4 Å². The second kappa shape index (κ2) is 8.90. The number of tetrazole rings is 1. The van der Waals surface area contributed by atoms with Crippen molar-refractivity contribution in [3.8, 4) is 0 Å². The van der Waals surface area contributed by atoms with Gasteiger partial charge in [-0.15, -0.1) is 5.10 Å². The van der Waals surface area contributed by atoms with Gasteiger partial charge in [0.15, 0.2) is 0 Å². The van der Waals surface area contributed by atoms with Gasteiger partial charge in [-0.1, -0.05) is 42.5 Å². The number of benzene rings is 2. The number of rotatable bonds is 8. The molecule has 0 saturated carbocycles. The first-order valence-corrected chi connectivity index (χ1v) is 8.93. The van der Waals surface area contributed by atoms with E-state index in [4.69, 9.17) is 5.11 Å². The molecule has 1 amide bonds. The van der Waals surface area contributed by atoms with E-state index in [-0.39, 0.29) is 12.3 Å². The van der Waals surface area contributed by atoms with Crippen LogP contribution in [0.4, 0.5) is 5.69 Å². The first kappa shape index (κ1) is 19.2. The highest BCUT2D eigenvalue weighted by Gasteiger charge is 2.24. The fourth-order valence-corrected chi connectivity index (χ4v) is 2.94. The van der Waals surface area contributed by atoms with Gasteiger partial charge in [-0.05, 0) is 47.0 Å². The van der Waals surface area contributed by atoms with E-state index in [1.807, 2.05) is 36.4 Å². The predicted octanol–water partition coefficient (Wildman–Crippen LogP) is 2.42. The Balaban J connectivity index is 1.79. The molecule has 3 rings (SSSR count). The van der Waals surface area contributed by atoms with Crippen LogP contribution in [0.1, 0.15) is 29.4 Å². The summed E-state index contributed by atoms with van der Waals surface area (Å²) in [5.74, 6) is -0.549. The number of carbonyl (C=O) groups is 2. The van der Waals surface area contributed by atoms with Gasteiger partial charge in [0.2, 0.25) is 5.91 Å². The highest BCUT2D eigenvalue weighted by molar-refractivity contribution is 5.94. The van der Waals surface area contributed by atoms with Crippen LogP contribution >= 0.6 is 0 Å². The van der Waals surface area contributed by atoms with Crippen molar-refractivity contribution in [2.45, 2.75) is 32.2 Å². The lowest BCUT2D eigenvalue weighted by Gasteiger charge is -2.18. The molecule has 0 spiro atoms. The first-order valence-electron chi connectivity index (χ1n) is 8.93. The van der Waals surface area contributed by atoms with Gasteiger partial charge in [0, 0.05) is 18.5 Å². The molecule has 0 aliphatic heterocycles. The Labute approximate surface area is 162 Å². The number of aryl methyl sites for hydroxylation is 2. The minimum atomic E-state index is -0.855. The van der Waals surface area contributed by atoms with E-state index in [1.54, 1.807) is 25.1 Å². The number of carboxylic acid groups (broad SMARTS) is 1. The molecule has 2 N–H and O–H groups in total. The average Bonchev–Trinajstić information content (AvgIpc) is 3.11. The van der Waals surface area contributed by atoms with Crippen molar-refractivity contribution in [1.29, 1.82) is 0 Å². The van der Waals surface area contributed by atoms with Crippen LogP contribution in [0.5, 0.6) is 0 Å². The molecule has 144 valence electrons. The molecule has 1 atom stereocenters. The summed E-state index contributed by atoms with van der Waals surface area (Å²) in [5.41, 5.74) is 2.45. The molecule has 0 fully saturated rings. The normalized spacial score (nSPS) is 11.8. The number of anilines is 1. The largest absolute Gasteiger partial charge is 0.481 e. The van der Waals surface area contributed by atoms with Gasteiger partial charge in [0.25, 0.3) is 0 Å². The van der Waals surface area contributed by atoms with Crippen LogP contribution in [-0.4, -0.2) is 37.2 Å². The third kappa shape index (κ3) is 5.00. The zero-order chi connectivity index (χ0) is 19.9. The monoisotopic (exact) mass is 379 g/mol. The molecule has 0 saturated heterocycles. The van der Waals surface area contributed by atoms with Crippen LogP contribution in [0.3, 0.4) is 0 Å². The van der Waals surface area contributed by atoms with Crippen LogP contribution < -0.4 is 5.32 Å². The SMILES string of the molecule is Cc1nnnn1C(Cc1ccccc1)C(=O)Nc1cccc(CCC(=O)O)c1. The van der Waals surface area contributed by atoms with Crippen LogP contribution in [0, 0.1) is 6.92 Å². The Hall–Kier alpha value is -3.55. The molecular formula is C20H21N5O3. The maximum Gasteiger partial charge on any atom is 0.303 e. The number of carboxylic acids is 1. The van der Waals surface area contributed by atoms with E-state index < -0.39 is 12.0 Å². The molecule has 1 heterocycles. The molecule has 1 unspecified atom stereocenters. The van der Waals surface area contributed by atoms with Crippen LogP contribution in [-0.2, 0) is 22.4 Å². The topological polar surface area (TPSA) is 110 Å². The summed E-state index contributed by atoms with van der Waals surface area (Å²) in [4.78, 5) is 23.8. The average molecular weight is 379 g/mol. The van der Waals surface area contributed by atoms with Crippen LogP contribution in [0.25, 0.3) is 0 Å². The Morgan fingerprint density at radius 3 is 2.54 bits per heavy atom. The van der Waals surface area contributed by atoms with Crippen molar-refractivity contribution in [2.24, 2.45) is 0 Å². The van der Waals surface area contributed by atoms with E-state index in [9.17, 15) is 9.59 Å². The second-order valence-electron chi connectivity index (χ2n) is 6.46. The Kier molecular flexibility index (Phi) is 6.11. The molecular weight excluding hydrogens is 358 g/mol. The third-order valence-electron chi connectivity index (χ3n) is 4.35. The van der Waals surface area contributed by atoms with E-state index in [0.29, 0.717) is 24.4 Å². The zero-order valence-electron chi connectivity index (χ0n) is 15.4. The number of amides is 1. The highest BCUT2D eigenvalue weighted by Crippen LogP contribution is 2.19. The number of carbonyl (C=O) groups excluding carboxylic acids is 1. The number of aromatic nitrogens is 4. The van der Waals surface area contributed by atoms with E-state index >= 15 is 0 Å². The maximum atomic E-state index is 13.0. The number of hydrogen-bond donors (Lipinski definition) is 2. The van der Waals surface area contributed by atoms with Crippen LogP contribution in [0.2, 0.25) is 0 Å². The Morgan fingerprint density at radius 1 is 1.11 bits per heavy atom. The number of aliphatic carboxylic acids is 1. The van der Waals surface area contributed by atoms with Crippen molar-refractivity contribution in [3.05, 3.63) is 71.5 Å². The number of hydrogen-bond acceptors (Lipinski definition) is 5. The zero-order valence-corrected chi connectivity index (χ0v) is 15.4. The van der Waals surface area contributed by atoms with Crippen molar-refractivity contribution in [1.82, 2.24) is 20.2 Å². The summed E-state index contributed by atoms with van der Waals surface area (Å²) in [6.45, 7) is 1.75. The summed E-state index contributed by atoms with van der Waals surface area (Å²) in [6.07, 6.45) is 0.883. The standard InChI is InChI=1S/C20H21N5O3/c1-14-22-23-24-25(14)18(13-15-6-3-2-4-7-15)20(28)21-17-9-5-8-16(12-17)10-11-19(26)27/h2-9,12,18H,10-11,13H2,1H3,(H,21,28)(H,26,27). The summed E-state index contributed by atoms with van der Waals surface area (Å²) in [5, 5.41) is 23.3. The van der Waals surface area contributed by atoms with Crippen molar-refractivity contribution in [2.75, 3.05) is 5.32 Å². The predicted molar refractivity (Wildman–Crippen MR) is 103 cm³/mol. The molecule has 0 aliphatic carbocycles. The fraction of sp³-hybridized carbons (Fsp3) is 0.250. The minimum Gasteiger partial charge on any atom is -0.481 e. The third-order valence-corrected chi connectivity index (χ3v) is 4.35. The van der Waals surface area contributed by atoms with E-state index in [2.05, 4.69) is 20.8 Å².